The van der Waals surface area contributed by atoms with Crippen molar-refractivity contribution in [3.8, 4) is 0 Å². The molecular formula is C13H23F3N2O. The molecule has 0 unspecified atom stereocenters. The molecule has 1 amide bonds. The van der Waals surface area contributed by atoms with E-state index in [0.717, 1.165) is 0 Å². The third kappa shape index (κ3) is 6.27. The Labute approximate surface area is 112 Å². The Hall–Kier alpha value is -0.780. The minimum Gasteiger partial charge on any atom is -0.353 e. The first-order valence-electron chi connectivity index (χ1n) is 6.73. The molecule has 0 atom stereocenters. The Morgan fingerprint density at radius 3 is 2.16 bits per heavy atom. The molecule has 1 saturated carbocycles. The highest BCUT2D eigenvalue weighted by atomic mass is 19.4. The van der Waals surface area contributed by atoms with Crippen LogP contribution < -0.4 is 11.1 Å². The van der Waals surface area contributed by atoms with Gasteiger partial charge in [0.1, 0.15) is 0 Å². The second kappa shape index (κ2) is 6.11. The Balaban J connectivity index is 2.28. The van der Waals surface area contributed by atoms with Gasteiger partial charge in [-0.15, -0.1) is 0 Å². The van der Waals surface area contributed by atoms with Crippen LogP contribution in [-0.4, -0.2) is 23.7 Å². The highest BCUT2D eigenvalue weighted by molar-refractivity contribution is 5.76. The number of carbonyl (C=O) groups is 1. The van der Waals surface area contributed by atoms with E-state index < -0.39 is 17.6 Å². The third-order valence-electron chi connectivity index (χ3n) is 3.55. The molecule has 0 radical (unpaired) electrons. The van der Waals surface area contributed by atoms with E-state index >= 15 is 0 Å². The summed E-state index contributed by atoms with van der Waals surface area (Å²) in [6.07, 6.45) is -2.19. The zero-order chi connectivity index (χ0) is 14.7. The quantitative estimate of drug-likeness (QED) is 0.832. The normalized spacial score (nSPS) is 25.2. The van der Waals surface area contributed by atoms with Crippen LogP contribution in [0.3, 0.4) is 0 Å². The average Bonchev–Trinajstić information content (AvgIpc) is 2.25. The number of halogens is 3. The van der Waals surface area contributed by atoms with Crippen molar-refractivity contribution >= 4 is 5.91 Å². The molecule has 0 aromatic carbocycles. The first-order valence-corrected chi connectivity index (χ1v) is 6.73. The van der Waals surface area contributed by atoms with Gasteiger partial charge in [-0.25, -0.2) is 0 Å². The van der Waals surface area contributed by atoms with Crippen molar-refractivity contribution in [3.05, 3.63) is 0 Å². The maximum atomic E-state index is 12.5. The summed E-state index contributed by atoms with van der Waals surface area (Å²) in [5.41, 5.74) is 5.38. The van der Waals surface area contributed by atoms with Crippen LogP contribution in [0.25, 0.3) is 0 Å². The van der Waals surface area contributed by atoms with Crippen molar-refractivity contribution in [2.45, 2.75) is 70.1 Å². The fourth-order valence-electron chi connectivity index (χ4n) is 2.30. The first-order chi connectivity index (χ1) is 8.58. The number of hydrogen-bond donors (Lipinski definition) is 2. The van der Waals surface area contributed by atoms with E-state index in [2.05, 4.69) is 5.32 Å². The molecule has 0 saturated heterocycles. The van der Waals surface area contributed by atoms with Gasteiger partial charge in [0.15, 0.2) is 0 Å². The van der Waals surface area contributed by atoms with E-state index in [1.807, 2.05) is 13.8 Å². The van der Waals surface area contributed by atoms with Crippen LogP contribution in [-0.2, 0) is 4.79 Å². The first kappa shape index (κ1) is 16.3. The molecule has 112 valence electrons. The lowest BCUT2D eigenvalue weighted by atomic mass is 9.85. The van der Waals surface area contributed by atoms with Crippen molar-refractivity contribution in [1.82, 2.24) is 5.32 Å². The minimum atomic E-state index is -4.10. The van der Waals surface area contributed by atoms with Crippen LogP contribution in [0, 0.1) is 5.92 Å². The molecule has 6 heteroatoms. The number of carbonyl (C=O) groups excluding carboxylic acids is 1. The fraction of sp³-hybridized carbons (Fsp3) is 0.923. The molecule has 0 bridgehead atoms. The molecule has 0 aliphatic heterocycles. The summed E-state index contributed by atoms with van der Waals surface area (Å²) >= 11 is 0. The van der Waals surface area contributed by atoms with E-state index in [1.165, 1.54) is 0 Å². The second-order valence-corrected chi connectivity index (χ2v) is 6.15. The zero-order valence-electron chi connectivity index (χ0n) is 11.5. The number of amides is 1. The van der Waals surface area contributed by atoms with Crippen LogP contribution in [0.5, 0.6) is 0 Å². The number of hydrogen-bond acceptors (Lipinski definition) is 2. The Kier molecular flexibility index (Phi) is 5.24. The van der Waals surface area contributed by atoms with Gasteiger partial charge in [-0.2, -0.15) is 13.2 Å². The Morgan fingerprint density at radius 2 is 1.74 bits per heavy atom. The van der Waals surface area contributed by atoms with Crippen LogP contribution in [0.15, 0.2) is 0 Å². The lowest BCUT2D eigenvalue weighted by Crippen LogP contribution is -2.41. The van der Waals surface area contributed by atoms with E-state index in [0.29, 0.717) is 25.7 Å². The van der Waals surface area contributed by atoms with Gasteiger partial charge in [0, 0.05) is 18.0 Å². The Morgan fingerprint density at radius 1 is 1.21 bits per heavy atom. The van der Waals surface area contributed by atoms with Crippen LogP contribution in [0.1, 0.15) is 52.4 Å². The predicted molar refractivity (Wildman–Crippen MR) is 67.4 cm³/mol. The largest absolute Gasteiger partial charge is 0.391 e. The molecule has 0 aromatic rings. The topological polar surface area (TPSA) is 55.1 Å². The van der Waals surface area contributed by atoms with E-state index in [1.54, 1.807) is 0 Å². The van der Waals surface area contributed by atoms with Gasteiger partial charge in [-0.05, 0) is 46.0 Å². The summed E-state index contributed by atoms with van der Waals surface area (Å²) in [7, 11) is 0. The van der Waals surface area contributed by atoms with Gasteiger partial charge in [-0.3, -0.25) is 4.79 Å². The van der Waals surface area contributed by atoms with E-state index in [4.69, 9.17) is 5.73 Å². The van der Waals surface area contributed by atoms with E-state index in [9.17, 15) is 18.0 Å². The monoisotopic (exact) mass is 280 g/mol. The average molecular weight is 280 g/mol. The van der Waals surface area contributed by atoms with E-state index in [-0.39, 0.29) is 24.8 Å². The van der Waals surface area contributed by atoms with Crippen LogP contribution in [0.2, 0.25) is 0 Å². The summed E-state index contributed by atoms with van der Waals surface area (Å²) in [5.74, 6) is -1.32. The summed E-state index contributed by atoms with van der Waals surface area (Å²) in [5, 5.41) is 2.80. The van der Waals surface area contributed by atoms with Gasteiger partial charge in [0.2, 0.25) is 5.91 Å². The highest BCUT2D eigenvalue weighted by Crippen LogP contribution is 2.37. The molecule has 0 aromatic heterocycles. The molecule has 3 N–H and O–H groups in total. The van der Waals surface area contributed by atoms with Gasteiger partial charge >= 0.3 is 6.18 Å². The van der Waals surface area contributed by atoms with Crippen molar-refractivity contribution < 1.29 is 18.0 Å². The van der Waals surface area contributed by atoms with Crippen molar-refractivity contribution in [2.24, 2.45) is 11.7 Å². The maximum Gasteiger partial charge on any atom is 0.391 e. The SMILES string of the molecule is CC(C)(N)CCC(=O)NC1CCC(C(F)(F)F)CC1. The molecule has 3 nitrogen and oxygen atoms in total. The summed E-state index contributed by atoms with van der Waals surface area (Å²) in [6, 6.07) is -0.119. The lowest BCUT2D eigenvalue weighted by molar-refractivity contribution is -0.182. The number of nitrogens with one attached hydrogen (secondary N) is 1. The summed E-state index contributed by atoms with van der Waals surface area (Å²) in [6.45, 7) is 3.68. The zero-order valence-corrected chi connectivity index (χ0v) is 11.5. The lowest BCUT2D eigenvalue weighted by Gasteiger charge is -2.30. The second-order valence-electron chi connectivity index (χ2n) is 6.15. The minimum absolute atomic E-state index is 0.108. The van der Waals surface area contributed by atoms with Gasteiger partial charge in [0.25, 0.3) is 0 Å². The molecule has 1 fully saturated rings. The van der Waals surface area contributed by atoms with Gasteiger partial charge in [0.05, 0.1) is 5.92 Å². The molecule has 1 aliphatic rings. The standard InChI is InChI=1S/C13H23F3N2O/c1-12(2,17)8-7-11(19)18-10-5-3-9(4-6-10)13(14,15)16/h9-10H,3-8,17H2,1-2H3,(H,18,19). The summed E-state index contributed by atoms with van der Waals surface area (Å²) in [4.78, 5) is 11.6. The van der Waals surface area contributed by atoms with Crippen LogP contribution in [0.4, 0.5) is 13.2 Å². The molecule has 1 rings (SSSR count). The molecule has 1 aliphatic carbocycles. The number of rotatable bonds is 4. The highest BCUT2D eigenvalue weighted by Gasteiger charge is 2.41. The van der Waals surface area contributed by atoms with Gasteiger partial charge in [-0.1, -0.05) is 0 Å². The van der Waals surface area contributed by atoms with Crippen LogP contribution >= 0.6 is 0 Å². The Bertz CT molecular complexity index is 302. The third-order valence-corrected chi connectivity index (χ3v) is 3.55. The predicted octanol–water partition coefficient (Wildman–Crippen LogP) is 2.74. The van der Waals surface area contributed by atoms with Crippen molar-refractivity contribution in [1.29, 1.82) is 0 Å². The molecule has 19 heavy (non-hydrogen) atoms. The smallest absolute Gasteiger partial charge is 0.353 e. The number of nitrogens with two attached hydrogens (primary N) is 1. The number of alkyl halides is 3. The van der Waals surface area contributed by atoms with Gasteiger partial charge < -0.3 is 11.1 Å². The molecule has 0 heterocycles. The van der Waals surface area contributed by atoms with Crippen molar-refractivity contribution in [2.75, 3.05) is 0 Å². The van der Waals surface area contributed by atoms with Crippen molar-refractivity contribution in [3.63, 3.8) is 0 Å². The maximum absolute atomic E-state index is 12.5. The molecular weight excluding hydrogens is 257 g/mol. The fourth-order valence-corrected chi connectivity index (χ4v) is 2.30. The molecule has 0 spiro atoms. The summed E-state index contributed by atoms with van der Waals surface area (Å²) < 4.78 is 37.4.